The first-order chi connectivity index (χ1) is 13.6. The van der Waals surface area contributed by atoms with Crippen molar-refractivity contribution in [3.63, 3.8) is 0 Å². The maximum Gasteiger partial charge on any atom is 0.258 e. The van der Waals surface area contributed by atoms with E-state index in [0.717, 1.165) is 32.7 Å². The molecule has 3 aromatic rings. The van der Waals surface area contributed by atoms with Gasteiger partial charge in [0.1, 0.15) is 5.75 Å². The molecule has 3 aromatic carbocycles. The van der Waals surface area contributed by atoms with Gasteiger partial charge in [0.05, 0.1) is 7.11 Å². The minimum absolute atomic E-state index is 0.122. The van der Waals surface area contributed by atoms with Crippen LogP contribution in [-0.2, 0) is 10.3 Å². The number of ether oxygens (including phenoxy) is 1. The summed E-state index contributed by atoms with van der Waals surface area (Å²) < 4.78 is 6.20. The Labute approximate surface area is 172 Å². The second-order valence-electron chi connectivity index (χ2n) is 6.52. The summed E-state index contributed by atoms with van der Waals surface area (Å²) in [6, 6.07) is 23.2. The number of benzene rings is 3. The molecule has 5 heteroatoms. The summed E-state index contributed by atoms with van der Waals surface area (Å²) in [4.78, 5) is 13.1. The molecule has 1 atom stereocenters. The van der Waals surface area contributed by atoms with Crippen molar-refractivity contribution < 1.29 is 9.53 Å². The third kappa shape index (κ3) is 3.29. The molecule has 1 aliphatic heterocycles. The normalized spacial score (nSPS) is 18.0. The average Bonchev–Trinajstić information content (AvgIpc) is 3.00. The number of carbonyl (C=O) groups excluding carboxylic acids is 1. The molecule has 0 saturated heterocycles. The van der Waals surface area contributed by atoms with E-state index in [1.807, 2.05) is 84.9 Å². The van der Waals surface area contributed by atoms with Crippen LogP contribution in [0, 0.1) is 0 Å². The zero-order chi connectivity index (χ0) is 19.6. The van der Waals surface area contributed by atoms with Crippen molar-refractivity contribution in [3.05, 3.63) is 94.5 Å². The molecule has 1 amide bonds. The lowest BCUT2D eigenvalue weighted by Gasteiger charge is -2.27. The third-order valence-corrected chi connectivity index (χ3v) is 5.48. The second kappa shape index (κ2) is 7.52. The maximum atomic E-state index is 13.1. The van der Waals surface area contributed by atoms with E-state index in [9.17, 15) is 4.79 Å². The van der Waals surface area contributed by atoms with Crippen molar-refractivity contribution >= 4 is 39.3 Å². The van der Waals surface area contributed by atoms with Crippen LogP contribution in [-0.4, -0.2) is 13.0 Å². The van der Waals surface area contributed by atoms with E-state index in [2.05, 4.69) is 26.6 Å². The van der Waals surface area contributed by atoms with Gasteiger partial charge in [0.25, 0.3) is 5.91 Å². The Kier molecular flexibility index (Phi) is 4.92. The van der Waals surface area contributed by atoms with Crippen LogP contribution >= 0.6 is 15.9 Å². The highest BCUT2D eigenvalue weighted by Gasteiger charge is 2.45. The van der Waals surface area contributed by atoms with Crippen LogP contribution in [0.3, 0.4) is 0 Å². The Morgan fingerprint density at radius 1 is 1.04 bits per heavy atom. The van der Waals surface area contributed by atoms with Crippen LogP contribution in [0.4, 0.5) is 11.4 Å². The number of para-hydroxylation sites is 2. The molecular formula is C23H19BrN2O2. The zero-order valence-corrected chi connectivity index (χ0v) is 16.9. The largest absolute Gasteiger partial charge is 0.497 e. The Bertz CT molecular complexity index is 1060. The SMILES string of the molecule is COc1cccc(/C=C/C2(Nc3ccccc3Br)C(=O)Nc3ccccc32)c1. The van der Waals surface area contributed by atoms with Gasteiger partial charge < -0.3 is 15.4 Å². The number of halogens is 1. The Morgan fingerprint density at radius 3 is 2.64 bits per heavy atom. The van der Waals surface area contributed by atoms with E-state index in [4.69, 9.17) is 4.74 Å². The number of amides is 1. The lowest BCUT2D eigenvalue weighted by Crippen LogP contribution is -2.40. The van der Waals surface area contributed by atoms with Crippen molar-refractivity contribution in [2.75, 3.05) is 17.7 Å². The Hall–Kier alpha value is -3.05. The molecule has 1 aliphatic rings. The standard InChI is InChI=1S/C23H19BrN2O2/c1-28-17-8-6-7-16(15-17)13-14-23(26-21-12-5-3-10-19(21)24)18-9-2-4-11-20(18)25-22(23)27/h2-15,26H,1H3,(H,25,27)/b14-13+. The summed E-state index contributed by atoms with van der Waals surface area (Å²) in [5.41, 5.74) is 2.45. The topological polar surface area (TPSA) is 50.4 Å². The predicted molar refractivity (Wildman–Crippen MR) is 117 cm³/mol. The number of hydrogen-bond acceptors (Lipinski definition) is 3. The first-order valence-electron chi connectivity index (χ1n) is 8.89. The van der Waals surface area contributed by atoms with E-state index < -0.39 is 5.54 Å². The van der Waals surface area contributed by atoms with Crippen molar-refractivity contribution in [2.45, 2.75) is 5.54 Å². The minimum Gasteiger partial charge on any atom is -0.497 e. The maximum absolute atomic E-state index is 13.1. The van der Waals surface area contributed by atoms with Gasteiger partial charge in [0, 0.05) is 21.4 Å². The number of rotatable bonds is 5. The number of hydrogen-bond donors (Lipinski definition) is 2. The lowest BCUT2D eigenvalue weighted by molar-refractivity contribution is -0.118. The summed E-state index contributed by atoms with van der Waals surface area (Å²) in [5, 5.41) is 6.44. The van der Waals surface area contributed by atoms with Crippen molar-refractivity contribution in [1.82, 2.24) is 0 Å². The van der Waals surface area contributed by atoms with Crippen LogP contribution in [0.1, 0.15) is 11.1 Å². The van der Waals surface area contributed by atoms with Crippen LogP contribution in [0.15, 0.2) is 83.3 Å². The summed E-state index contributed by atoms with van der Waals surface area (Å²) in [6.45, 7) is 0. The predicted octanol–water partition coefficient (Wildman–Crippen LogP) is 5.43. The van der Waals surface area contributed by atoms with Gasteiger partial charge in [0.15, 0.2) is 5.54 Å². The fraction of sp³-hybridized carbons (Fsp3) is 0.0870. The molecule has 0 spiro atoms. The highest BCUT2D eigenvalue weighted by molar-refractivity contribution is 9.10. The van der Waals surface area contributed by atoms with E-state index in [1.54, 1.807) is 7.11 Å². The summed E-state index contributed by atoms with van der Waals surface area (Å²) in [7, 11) is 1.64. The number of nitrogens with one attached hydrogen (secondary N) is 2. The smallest absolute Gasteiger partial charge is 0.258 e. The summed E-state index contributed by atoms with van der Waals surface area (Å²) >= 11 is 3.57. The van der Waals surface area contributed by atoms with E-state index in [-0.39, 0.29) is 5.91 Å². The lowest BCUT2D eigenvalue weighted by atomic mass is 9.89. The molecular weight excluding hydrogens is 416 g/mol. The molecule has 1 unspecified atom stereocenters. The van der Waals surface area contributed by atoms with Gasteiger partial charge in [-0.3, -0.25) is 4.79 Å². The first kappa shape index (κ1) is 18.3. The fourth-order valence-corrected chi connectivity index (χ4v) is 3.74. The summed E-state index contributed by atoms with van der Waals surface area (Å²) in [5.74, 6) is 0.648. The molecule has 0 radical (unpaired) electrons. The van der Waals surface area contributed by atoms with Crippen molar-refractivity contribution in [2.24, 2.45) is 0 Å². The highest BCUT2D eigenvalue weighted by Crippen LogP contribution is 2.41. The monoisotopic (exact) mass is 434 g/mol. The van der Waals surface area contributed by atoms with E-state index in [0.29, 0.717) is 0 Å². The molecule has 0 aliphatic carbocycles. The quantitative estimate of drug-likeness (QED) is 0.562. The van der Waals surface area contributed by atoms with Gasteiger partial charge >= 0.3 is 0 Å². The number of carbonyl (C=O) groups is 1. The Balaban J connectivity index is 1.82. The molecule has 4 nitrogen and oxygen atoms in total. The molecule has 0 bridgehead atoms. The molecule has 28 heavy (non-hydrogen) atoms. The minimum atomic E-state index is -1.02. The highest BCUT2D eigenvalue weighted by atomic mass is 79.9. The molecule has 140 valence electrons. The van der Waals surface area contributed by atoms with E-state index >= 15 is 0 Å². The van der Waals surface area contributed by atoms with Gasteiger partial charge in [0.2, 0.25) is 0 Å². The summed E-state index contributed by atoms with van der Waals surface area (Å²) in [6.07, 6.45) is 3.84. The first-order valence-corrected chi connectivity index (χ1v) is 9.69. The number of anilines is 2. The van der Waals surface area contributed by atoms with E-state index in [1.165, 1.54) is 0 Å². The van der Waals surface area contributed by atoms with Crippen LogP contribution in [0.5, 0.6) is 5.75 Å². The molecule has 0 fully saturated rings. The average molecular weight is 435 g/mol. The molecule has 4 rings (SSSR count). The van der Waals surface area contributed by atoms with Crippen LogP contribution < -0.4 is 15.4 Å². The fourth-order valence-electron chi connectivity index (χ4n) is 3.35. The molecule has 1 heterocycles. The molecule has 0 saturated carbocycles. The van der Waals surface area contributed by atoms with Gasteiger partial charge in [-0.2, -0.15) is 0 Å². The Morgan fingerprint density at radius 2 is 1.82 bits per heavy atom. The van der Waals surface area contributed by atoms with Crippen molar-refractivity contribution in [3.8, 4) is 5.75 Å². The number of fused-ring (bicyclic) bond motifs is 1. The van der Waals surface area contributed by atoms with Gasteiger partial charge in [-0.15, -0.1) is 0 Å². The third-order valence-electron chi connectivity index (χ3n) is 4.78. The molecule has 0 aromatic heterocycles. The van der Waals surface area contributed by atoms with Crippen molar-refractivity contribution in [1.29, 1.82) is 0 Å². The van der Waals surface area contributed by atoms with Crippen LogP contribution in [0.2, 0.25) is 0 Å². The second-order valence-corrected chi connectivity index (χ2v) is 7.38. The van der Waals surface area contributed by atoms with Gasteiger partial charge in [-0.05, 0) is 57.9 Å². The zero-order valence-electron chi connectivity index (χ0n) is 15.3. The van der Waals surface area contributed by atoms with Gasteiger partial charge in [-0.1, -0.05) is 48.5 Å². The van der Waals surface area contributed by atoms with Gasteiger partial charge in [-0.25, -0.2) is 0 Å². The molecule has 2 N–H and O–H groups in total. The van der Waals surface area contributed by atoms with Crippen LogP contribution in [0.25, 0.3) is 6.08 Å². The number of methoxy groups -OCH3 is 1.